The summed E-state index contributed by atoms with van der Waals surface area (Å²) in [5, 5.41) is 20.9. The van der Waals surface area contributed by atoms with E-state index in [-0.39, 0.29) is 12.6 Å². The highest BCUT2D eigenvalue weighted by molar-refractivity contribution is 5.59. The molecule has 1 fully saturated rings. The van der Waals surface area contributed by atoms with Crippen LogP contribution in [0.25, 0.3) is 0 Å². The van der Waals surface area contributed by atoms with Crippen molar-refractivity contribution in [3.63, 3.8) is 0 Å². The van der Waals surface area contributed by atoms with Crippen molar-refractivity contribution in [3.8, 4) is 6.07 Å². The molecule has 2 atom stereocenters. The minimum absolute atomic E-state index is 0.101. The van der Waals surface area contributed by atoms with Gasteiger partial charge in [-0.3, -0.25) is 0 Å². The average Bonchev–Trinajstić information content (AvgIpc) is 2.84. The molecule has 98 valence electrons. The average molecular weight is 262 g/mol. The summed E-state index contributed by atoms with van der Waals surface area (Å²) in [4.78, 5) is 5.83. The van der Waals surface area contributed by atoms with E-state index in [1.54, 1.807) is 11.0 Å². The number of hydrogen-bond acceptors (Lipinski definition) is 6. The van der Waals surface area contributed by atoms with Crippen LogP contribution < -0.4 is 5.32 Å². The predicted octanol–water partition coefficient (Wildman–Crippen LogP) is 1.04. The fraction of sp³-hybridized carbons (Fsp3) is 0.333. The van der Waals surface area contributed by atoms with Gasteiger partial charge in [-0.05, 0) is 12.5 Å². The van der Waals surface area contributed by atoms with Crippen molar-refractivity contribution in [2.75, 3.05) is 6.73 Å². The van der Waals surface area contributed by atoms with E-state index < -0.39 is 18.0 Å². The Kier molecular flexibility index (Phi) is 2.72. The normalized spacial score (nSPS) is 29.9. The van der Waals surface area contributed by atoms with Crippen molar-refractivity contribution in [1.29, 1.82) is 5.26 Å². The maximum atomic E-state index is 14.0. The Bertz CT molecular complexity index is 573. The SMILES string of the molecule is N#CC1=CCC(N2COC3=C(O)NC=NC32)C(F)=C1. The fourth-order valence-corrected chi connectivity index (χ4v) is 2.31. The second-order valence-corrected chi connectivity index (χ2v) is 4.35. The number of nitrogens with zero attached hydrogens (tertiary/aromatic N) is 3. The molecule has 0 spiro atoms. The summed E-state index contributed by atoms with van der Waals surface area (Å²) in [6, 6.07) is 1.39. The third kappa shape index (κ3) is 1.86. The lowest BCUT2D eigenvalue weighted by atomic mass is 10.0. The molecule has 2 heterocycles. The van der Waals surface area contributed by atoms with Gasteiger partial charge in [0.2, 0.25) is 5.88 Å². The summed E-state index contributed by atoms with van der Waals surface area (Å²) in [6.45, 7) is 0.144. The van der Waals surface area contributed by atoms with Crippen LogP contribution in [0.3, 0.4) is 0 Å². The van der Waals surface area contributed by atoms with Gasteiger partial charge < -0.3 is 15.2 Å². The molecule has 2 N–H and O–H groups in total. The Balaban J connectivity index is 1.84. The first-order chi connectivity index (χ1) is 9.20. The van der Waals surface area contributed by atoms with Crippen molar-refractivity contribution in [2.24, 2.45) is 4.99 Å². The zero-order valence-electron chi connectivity index (χ0n) is 9.88. The topological polar surface area (TPSA) is 80.9 Å². The van der Waals surface area contributed by atoms with Crippen LogP contribution in [0.15, 0.2) is 40.2 Å². The van der Waals surface area contributed by atoms with Gasteiger partial charge in [-0.15, -0.1) is 0 Å². The Labute approximate surface area is 108 Å². The molecular weight excluding hydrogens is 251 g/mol. The molecule has 1 aliphatic carbocycles. The summed E-state index contributed by atoms with van der Waals surface area (Å²) >= 11 is 0. The van der Waals surface area contributed by atoms with Gasteiger partial charge in [-0.1, -0.05) is 6.08 Å². The third-order valence-electron chi connectivity index (χ3n) is 3.27. The number of aliphatic imine (C=N–C) groups is 1. The molecule has 0 aromatic carbocycles. The lowest BCUT2D eigenvalue weighted by Crippen LogP contribution is -2.41. The fourth-order valence-electron chi connectivity index (χ4n) is 2.31. The van der Waals surface area contributed by atoms with Crippen molar-refractivity contribution in [1.82, 2.24) is 10.2 Å². The maximum Gasteiger partial charge on any atom is 0.232 e. The number of halogens is 1. The standard InChI is InChI=1S/C12H11FN4O2/c13-8-3-7(4-14)1-2-9(8)17-6-19-10-11(17)15-5-16-12(10)18/h1,3,5,9,11,18H,2,6H2,(H,15,16). The third-order valence-corrected chi connectivity index (χ3v) is 3.27. The molecule has 0 aromatic rings. The predicted molar refractivity (Wildman–Crippen MR) is 64.2 cm³/mol. The minimum Gasteiger partial charge on any atom is -0.492 e. The van der Waals surface area contributed by atoms with Gasteiger partial charge in [-0.25, -0.2) is 14.3 Å². The van der Waals surface area contributed by atoms with Crippen LogP contribution in [0.1, 0.15) is 6.42 Å². The van der Waals surface area contributed by atoms with Crippen molar-refractivity contribution >= 4 is 6.34 Å². The van der Waals surface area contributed by atoms with Crippen LogP contribution in [0.5, 0.6) is 0 Å². The number of aliphatic hydroxyl groups excluding tert-OH is 1. The first-order valence-corrected chi connectivity index (χ1v) is 5.78. The van der Waals surface area contributed by atoms with Crippen molar-refractivity contribution < 1.29 is 14.2 Å². The second-order valence-electron chi connectivity index (χ2n) is 4.35. The van der Waals surface area contributed by atoms with Gasteiger partial charge in [-0.2, -0.15) is 5.26 Å². The highest BCUT2D eigenvalue weighted by atomic mass is 19.1. The van der Waals surface area contributed by atoms with Gasteiger partial charge in [0.15, 0.2) is 11.9 Å². The molecule has 3 rings (SSSR count). The van der Waals surface area contributed by atoms with Gasteiger partial charge in [0, 0.05) is 0 Å². The van der Waals surface area contributed by atoms with Crippen LogP contribution in [0.2, 0.25) is 0 Å². The monoisotopic (exact) mass is 262 g/mol. The quantitative estimate of drug-likeness (QED) is 0.738. The summed E-state index contributed by atoms with van der Waals surface area (Å²) in [6.07, 6.45) is 4.11. The zero-order valence-corrected chi connectivity index (χ0v) is 9.88. The van der Waals surface area contributed by atoms with E-state index in [0.29, 0.717) is 17.8 Å². The van der Waals surface area contributed by atoms with E-state index in [0.717, 1.165) is 0 Å². The van der Waals surface area contributed by atoms with E-state index in [1.165, 1.54) is 12.4 Å². The molecular formula is C12H11FN4O2. The summed E-state index contributed by atoms with van der Waals surface area (Å²) in [7, 11) is 0. The molecule has 0 amide bonds. The zero-order chi connectivity index (χ0) is 13.4. The molecule has 0 saturated carbocycles. The Hall–Kier alpha value is -2.33. The molecule has 2 unspecified atom stereocenters. The Morgan fingerprint density at radius 1 is 1.63 bits per heavy atom. The first-order valence-electron chi connectivity index (χ1n) is 5.78. The summed E-state index contributed by atoms with van der Waals surface area (Å²) in [5.41, 5.74) is 0.321. The first kappa shape index (κ1) is 11.7. The number of nitrogens with one attached hydrogen (secondary N) is 1. The van der Waals surface area contributed by atoms with Crippen molar-refractivity contribution in [3.05, 3.63) is 35.2 Å². The number of fused-ring (bicyclic) bond motifs is 1. The number of rotatable bonds is 1. The van der Waals surface area contributed by atoms with Crippen LogP contribution in [0, 0.1) is 11.3 Å². The van der Waals surface area contributed by atoms with E-state index in [9.17, 15) is 9.50 Å². The van der Waals surface area contributed by atoms with E-state index >= 15 is 0 Å². The minimum atomic E-state index is -0.526. The molecule has 7 heteroatoms. The molecule has 6 nitrogen and oxygen atoms in total. The van der Waals surface area contributed by atoms with Gasteiger partial charge >= 0.3 is 0 Å². The largest absolute Gasteiger partial charge is 0.492 e. The second kappa shape index (κ2) is 4.40. The highest BCUT2D eigenvalue weighted by Crippen LogP contribution is 2.33. The number of ether oxygens (including phenoxy) is 1. The number of hydrogen-bond donors (Lipinski definition) is 2. The molecule has 3 aliphatic rings. The van der Waals surface area contributed by atoms with Crippen LogP contribution >= 0.6 is 0 Å². The molecule has 0 aromatic heterocycles. The van der Waals surface area contributed by atoms with Crippen LogP contribution in [-0.2, 0) is 4.74 Å². The number of aliphatic hydroxyl groups is 1. The highest BCUT2D eigenvalue weighted by Gasteiger charge is 2.41. The van der Waals surface area contributed by atoms with Gasteiger partial charge in [0.1, 0.15) is 12.6 Å². The Morgan fingerprint density at radius 2 is 2.47 bits per heavy atom. The Morgan fingerprint density at radius 3 is 3.21 bits per heavy atom. The maximum absolute atomic E-state index is 14.0. The van der Waals surface area contributed by atoms with Crippen LogP contribution in [-0.4, -0.2) is 35.3 Å². The van der Waals surface area contributed by atoms with E-state index in [4.69, 9.17) is 10.00 Å². The lowest BCUT2D eigenvalue weighted by molar-refractivity contribution is 0.119. The molecule has 0 radical (unpaired) electrons. The number of nitriles is 1. The molecule has 2 aliphatic heterocycles. The van der Waals surface area contributed by atoms with Crippen LogP contribution in [0.4, 0.5) is 4.39 Å². The van der Waals surface area contributed by atoms with Gasteiger partial charge in [0.05, 0.1) is 24.0 Å². The molecule has 1 saturated heterocycles. The molecule has 19 heavy (non-hydrogen) atoms. The number of allylic oxidation sites excluding steroid dienone is 2. The lowest BCUT2D eigenvalue weighted by Gasteiger charge is -2.29. The van der Waals surface area contributed by atoms with Gasteiger partial charge in [0.25, 0.3) is 0 Å². The summed E-state index contributed by atoms with van der Waals surface area (Å²) in [5.74, 6) is -0.196. The van der Waals surface area contributed by atoms with Crippen molar-refractivity contribution in [2.45, 2.75) is 18.6 Å². The van der Waals surface area contributed by atoms with E-state index in [1.807, 2.05) is 6.07 Å². The summed E-state index contributed by atoms with van der Waals surface area (Å²) < 4.78 is 19.4. The molecule has 0 bridgehead atoms. The smallest absolute Gasteiger partial charge is 0.232 e. The van der Waals surface area contributed by atoms with E-state index in [2.05, 4.69) is 10.3 Å².